The number of methoxy groups -OCH3 is 1. The minimum atomic E-state index is -0.824. The molecule has 5 aromatic rings. The average molecular weight is 841 g/mol. The van der Waals surface area contributed by atoms with Crippen molar-refractivity contribution >= 4 is 46.9 Å². The van der Waals surface area contributed by atoms with Crippen molar-refractivity contribution in [3.05, 3.63) is 130 Å². The van der Waals surface area contributed by atoms with Crippen molar-refractivity contribution in [3.8, 4) is 22.6 Å². The highest BCUT2D eigenvalue weighted by Gasteiger charge is 2.27. The summed E-state index contributed by atoms with van der Waals surface area (Å²) in [4.78, 5) is 72.5. The van der Waals surface area contributed by atoms with Crippen LogP contribution in [-0.2, 0) is 32.1 Å². The average Bonchev–Trinajstić information content (AvgIpc) is 3.99. The highest BCUT2D eigenvalue weighted by atomic mass is 16.5. The Kier molecular flexibility index (Phi) is 15.0. The van der Waals surface area contributed by atoms with Gasteiger partial charge in [0.05, 0.1) is 19.9 Å². The molecular weight excluding hydrogens is 789 g/mol. The van der Waals surface area contributed by atoms with E-state index < -0.39 is 18.0 Å². The predicted molar refractivity (Wildman–Crippen MR) is 237 cm³/mol. The van der Waals surface area contributed by atoms with Crippen LogP contribution in [0.25, 0.3) is 22.8 Å². The summed E-state index contributed by atoms with van der Waals surface area (Å²) in [7, 11) is 1.56. The molecule has 14 nitrogen and oxygen atoms in total. The van der Waals surface area contributed by atoms with E-state index in [0.717, 1.165) is 71.7 Å². The molecule has 14 heteroatoms. The molecule has 0 spiro atoms. The smallest absolute Gasteiger partial charge is 0.336 e. The van der Waals surface area contributed by atoms with E-state index in [-0.39, 0.29) is 43.4 Å². The number of rotatable bonds is 19. The van der Waals surface area contributed by atoms with Crippen molar-refractivity contribution in [2.75, 3.05) is 45.2 Å². The third-order valence-corrected chi connectivity index (χ3v) is 10.8. The van der Waals surface area contributed by atoms with E-state index in [4.69, 9.17) is 14.2 Å². The number of aryl methyl sites for hydroxylation is 1. The van der Waals surface area contributed by atoms with E-state index in [2.05, 4.69) is 39.2 Å². The van der Waals surface area contributed by atoms with Crippen LogP contribution in [0.4, 0.5) is 10.5 Å². The first-order valence-electron chi connectivity index (χ1n) is 20.6. The number of H-pyrrole nitrogens is 2. The second kappa shape index (κ2) is 21.0. The number of urea groups is 1. The molecule has 0 saturated carbocycles. The molecule has 2 aromatic heterocycles. The number of nitrogens with one attached hydrogen (secondary N) is 3. The van der Waals surface area contributed by atoms with Gasteiger partial charge in [-0.25, -0.2) is 14.4 Å². The fraction of sp³-hybridized carbons (Fsp3) is 0.292. The molecule has 2 amide bonds. The monoisotopic (exact) mass is 840 g/mol. The van der Waals surface area contributed by atoms with E-state index in [1.807, 2.05) is 44.2 Å². The van der Waals surface area contributed by atoms with Gasteiger partial charge in [0.25, 0.3) is 0 Å². The number of aromatic nitrogens is 3. The van der Waals surface area contributed by atoms with Crippen LogP contribution in [0.5, 0.6) is 11.5 Å². The van der Waals surface area contributed by atoms with Gasteiger partial charge < -0.3 is 34.3 Å². The van der Waals surface area contributed by atoms with E-state index >= 15 is 0 Å². The molecule has 2 heterocycles. The van der Waals surface area contributed by atoms with E-state index in [0.29, 0.717) is 40.3 Å². The number of aromatic amines is 2. The predicted octanol–water partition coefficient (Wildman–Crippen LogP) is 7.74. The minimum absolute atomic E-state index is 0.0417. The van der Waals surface area contributed by atoms with E-state index in [1.165, 1.54) is 4.90 Å². The SMILES string of the molecule is CCN(CC)CCCC(=O)c1c(C)[nH]c(/C=C2\C(=O)Cc3ccc(OC(=O)/C=C\C(=O)OCCN(Cc4cccc(OC)c4)C(=O)Nc4ccc(-c5cn[nH]c5)cc4)cc32)c1C. The van der Waals surface area contributed by atoms with Gasteiger partial charge in [0.1, 0.15) is 18.1 Å². The normalized spacial score (nSPS) is 12.8. The third-order valence-electron chi connectivity index (χ3n) is 10.8. The van der Waals surface area contributed by atoms with Crippen molar-refractivity contribution in [2.45, 2.75) is 53.5 Å². The van der Waals surface area contributed by atoms with Gasteiger partial charge in [-0.15, -0.1) is 0 Å². The van der Waals surface area contributed by atoms with Gasteiger partial charge in [-0.05, 0) is 110 Å². The largest absolute Gasteiger partial charge is 0.497 e. The number of fused-ring (bicyclic) bond motifs is 1. The number of amides is 2. The molecule has 0 bridgehead atoms. The molecule has 0 unspecified atom stereocenters. The van der Waals surface area contributed by atoms with Crippen LogP contribution in [-0.4, -0.2) is 94.4 Å². The Balaban J connectivity index is 1.05. The number of nitrogens with zero attached hydrogens (tertiary/aromatic N) is 3. The van der Waals surface area contributed by atoms with Gasteiger partial charge in [0, 0.05) is 71.5 Å². The lowest BCUT2D eigenvalue weighted by Crippen LogP contribution is -2.37. The Labute approximate surface area is 360 Å². The molecule has 6 rings (SSSR count). The molecule has 3 N–H and O–H groups in total. The zero-order chi connectivity index (χ0) is 44.2. The summed E-state index contributed by atoms with van der Waals surface area (Å²) in [6.07, 6.45) is 8.54. The minimum Gasteiger partial charge on any atom is -0.497 e. The second-order valence-electron chi connectivity index (χ2n) is 14.9. The Morgan fingerprint density at radius 3 is 2.40 bits per heavy atom. The van der Waals surface area contributed by atoms with Crippen LogP contribution < -0.4 is 14.8 Å². The third kappa shape index (κ3) is 11.4. The standard InChI is InChI=1S/C48H52N6O8/c1-6-53(7-2)21-9-12-43(55)47-31(3)42(51-32(47)4)27-41-40-26-39(18-15-35(40)25-44(41)56)62-46(58)20-19-45(57)61-23-22-54(30-33-10-8-11-38(24-33)60-5)48(59)52-37-16-13-34(14-17-37)36-28-49-50-29-36/h8,10-11,13-20,24,26-29,51H,6-7,9,12,21-23,25,30H2,1-5H3,(H,49,50)(H,52,59)/b20-19-,41-27-. The number of hydrogen-bond acceptors (Lipinski definition) is 10. The van der Waals surface area contributed by atoms with Crippen LogP contribution in [0, 0.1) is 13.8 Å². The molecule has 0 aliphatic heterocycles. The Morgan fingerprint density at radius 2 is 1.68 bits per heavy atom. The highest BCUT2D eigenvalue weighted by molar-refractivity contribution is 6.29. The van der Waals surface area contributed by atoms with Crippen LogP contribution >= 0.6 is 0 Å². The summed E-state index contributed by atoms with van der Waals surface area (Å²) in [6.45, 7) is 10.8. The number of benzene rings is 3. The quantitative estimate of drug-likeness (QED) is 0.0323. The second-order valence-corrected chi connectivity index (χ2v) is 14.9. The maximum absolute atomic E-state index is 13.5. The number of carbonyl (C=O) groups excluding carboxylic acids is 5. The maximum Gasteiger partial charge on any atom is 0.336 e. The van der Waals surface area contributed by atoms with Crippen LogP contribution in [0.15, 0.2) is 91.3 Å². The number of Topliss-reactive ketones (excluding diaryl/α,β-unsaturated/α-hetero) is 2. The van der Waals surface area contributed by atoms with E-state index in [1.54, 1.807) is 62.0 Å². The van der Waals surface area contributed by atoms with Gasteiger partial charge >= 0.3 is 18.0 Å². The van der Waals surface area contributed by atoms with Gasteiger partial charge in [-0.2, -0.15) is 5.10 Å². The lowest BCUT2D eigenvalue weighted by atomic mass is 10.00. The molecule has 1 aliphatic carbocycles. The lowest BCUT2D eigenvalue weighted by molar-refractivity contribution is -0.138. The molecular formula is C48H52N6O8. The molecule has 62 heavy (non-hydrogen) atoms. The maximum atomic E-state index is 13.5. The summed E-state index contributed by atoms with van der Waals surface area (Å²) in [6, 6.07) is 19.1. The summed E-state index contributed by atoms with van der Waals surface area (Å²) >= 11 is 0. The Morgan fingerprint density at radius 1 is 0.903 bits per heavy atom. The molecule has 322 valence electrons. The Bertz CT molecular complexity index is 2460. The van der Waals surface area contributed by atoms with Crippen molar-refractivity contribution in [3.63, 3.8) is 0 Å². The van der Waals surface area contributed by atoms with Crippen molar-refractivity contribution in [2.24, 2.45) is 0 Å². The van der Waals surface area contributed by atoms with Crippen molar-refractivity contribution < 1.29 is 38.2 Å². The van der Waals surface area contributed by atoms with Gasteiger partial charge in [-0.3, -0.25) is 14.7 Å². The first-order chi connectivity index (χ1) is 30.0. The summed E-state index contributed by atoms with van der Waals surface area (Å²) in [5.74, 6) is -0.837. The molecule has 0 atom stereocenters. The molecule has 0 radical (unpaired) electrons. The summed E-state index contributed by atoms with van der Waals surface area (Å²) in [5.41, 5.74) is 7.92. The number of carbonyl (C=O) groups is 5. The molecule has 1 aliphatic rings. The molecule has 0 fully saturated rings. The van der Waals surface area contributed by atoms with Crippen molar-refractivity contribution in [1.29, 1.82) is 0 Å². The number of hydrogen-bond donors (Lipinski definition) is 3. The van der Waals surface area contributed by atoms with Crippen LogP contribution in [0.2, 0.25) is 0 Å². The molecule has 3 aromatic carbocycles. The van der Waals surface area contributed by atoms with Crippen LogP contribution in [0.1, 0.15) is 70.7 Å². The first-order valence-corrected chi connectivity index (χ1v) is 20.6. The first kappa shape index (κ1) is 44.5. The zero-order valence-corrected chi connectivity index (χ0v) is 35.7. The van der Waals surface area contributed by atoms with Gasteiger partial charge in [-0.1, -0.05) is 44.2 Å². The lowest BCUT2D eigenvalue weighted by Gasteiger charge is -2.23. The number of allylic oxidation sites excluding steroid dienone is 1. The highest BCUT2D eigenvalue weighted by Crippen LogP contribution is 2.35. The molecule has 0 saturated heterocycles. The van der Waals surface area contributed by atoms with Crippen LogP contribution in [0.3, 0.4) is 0 Å². The van der Waals surface area contributed by atoms with Crippen molar-refractivity contribution in [1.82, 2.24) is 25.0 Å². The summed E-state index contributed by atoms with van der Waals surface area (Å²) in [5, 5.41) is 9.65. The van der Waals surface area contributed by atoms with Gasteiger partial charge in [0.15, 0.2) is 11.6 Å². The van der Waals surface area contributed by atoms with E-state index in [9.17, 15) is 24.0 Å². The number of anilines is 1. The summed E-state index contributed by atoms with van der Waals surface area (Å²) < 4.78 is 16.2. The van der Waals surface area contributed by atoms with Gasteiger partial charge in [0.2, 0.25) is 0 Å². The topological polar surface area (TPSA) is 176 Å². The fourth-order valence-corrected chi connectivity index (χ4v) is 7.40. The zero-order valence-electron chi connectivity index (χ0n) is 35.7. The fourth-order valence-electron chi connectivity index (χ4n) is 7.40. The number of ketones is 2. The Hall–Kier alpha value is -7.06. The number of ether oxygens (including phenoxy) is 3. The number of esters is 2.